The summed E-state index contributed by atoms with van der Waals surface area (Å²) in [5.74, 6) is 0. The Balaban J connectivity index is 1.69. The highest BCUT2D eigenvalue weighted by Gasteiger charge is 2.30. The largest absolute Gasteiger partial charge is 0.416 e. The molecule has 0 unspecified atom stereocenters. The zero-order valence-electron chi connectivity index (χ0n) is 17.3. The fraction of sp³-hybridized carbons (Fsp3) is 0.120. The summed E-state index contributed by atoms with van der Waals surface area (Å²) in [5, 5.41) is 3.53. The van der Waals surface area contributed by atoms with E-state index in [0.29, 0.717) is 27.7 Å². The molecule has 0 aliphatic carbocycles. The van der Waals surface area contributed by atoms with Gasteiger partial charge >= 0.3 is 6.18 Å². The Morgan fingerprint density at radius 1 is 0.844 bits per heavy atom. The molecular formula is C25H18F3N3O. The minimum Gasteiger partial charge on any atom is -0.293 e. The summed E-state index contributed by atoms with van der Waals surface area (Å²) in [7, 11) is 0. The summed E-state index contributed by atoms with van der Waals surface area (Å²) in [6.45, 7) is 3.90. The molecule has 0 amide bonds. The second-order valence-corrected chi connectivity index (χ2v) is 7.86. The highest BCUT2D eigenvalue weighted by atomic mass is 19.4. The summed E-state index contributed by atoms with van der Waals surface area (Å²) in [5.41, 5.74) is 5.09. The van der Waals surface area contributed by atoms with Gasteiger partial charge in [-0.15, -0.1) is 0 Å². The lowest BCUT2D eigenvalue weighted by molar-refractivity contribution is -0.137. The number of benzene rings is 3. The van der Waals surface area contributed by atoms with Gasteiger partial charge in [0.15, 0.2) is 5.65 Å². The Morgan fingerprint density at radius 3 is 2.12 bits per heavy atom. The summed E-state index contributed by atoms with van der Waals surface area (Å²) < 4.78 is 40.1. The van der Waals surface area contributed by atoms with Crippen molar-refractivity contribution in [3.05, 3.63) is 93.9 Å². The highest BCUT2D eigenvalue weighted by Crippen LogP contribution is 2.32. The molecule has 5 aromatic rings. The average molecular weight is 433 g/mol. The monoisotopic (exact) mass is 433 g/mol. The quantitative estimate of drug-likeness (QED) is 0.363. The number of hydrogen-bond donors (Lipinski definition) is 1. The minimum atomic E-state index is -4.39. The molecule has 2 aromatic heterocycles. The van der Waals surface area contributed by atoms with E-state index in [1.807, 2.05) is 38.1 Å². The molecule has 5 rings (SSSR count). The van der Waals surface area contributed by atoms with Crippen LogP contribution >= 0.6 is 0 Å². The predicted octanol–water partition coefficient (Wildman–Crippen LogP) is 6.15. The number of fused-ring (bicyclic) bond motifs is 2. The van der Waals surface area contributed by atoms with Crippen molar-refractivity contribution in [2.45, 2.75) is 20.0 Å². The van der Waals surface area contributed by atoms with E-state index in [2.05, 4.69) is 5.10 Å². The molecule has 0 saturated heterocycles. The van der Waals surface area contributed by atoms with E-state index in [4.69, 9.17) is 4.98 Å². The lowest BCUT2D eigenvalue weighted by Crippen LogP contribution is -2.15. The maximum Gasteiger partial charge on any atom is 0.416 e. The van der Waals surface area contributed by atoms with E-state index in [9.17, 15) is 18.0 Å². The van der Waals surface area contributed by atoms with Crippen molar-refractivity contribution in [1.82, 2.24) is 14.6 Å². The van der Waals surface area contributed by atoms with E-state index < -0.39 is 11.7 Å². The van der Waals surface area contributed by atoms with Gasteiger partial charge in [0.2, 0.25) is 0 Å². The van der Waals surface area contributed by atoms with Gasteiger partial charge in [-0.1, -0.05) is 48.0 Å². The minimum absolute atomic E-state index is 0.231. The molecule has 0 bridgehead atoms. The van der Waals surface area contributed by atoms with Gasteiger partial charge in [0.25, 0.3) is 5.56 Å². The molecule has 160 valence electrons. The summed E-state index contributed by atoms with van der Waals surface area (Å²) in [4.78, 5) is 17.9. The zero-order valence-corrected chi connectivity index (χ0v) is 17.3. The van der Waals surface area contributed by atoms with Crippen LogP contribution in [0.2, 0.25) is 0 Å². The van der Waals surface area contributed by atoms with E-state index in [1.165, 1.54) is 16.6 Å². The molecule has 32 heavy (non-hydrogen) atoms. The number of rotatable bonds is 2. The lowest BCUT2D eigenvalue weighted by Gasteiger charge is -2.08. The Morgan fingerprint density at radius 2 is 1.47 bits per heavy atom. The SMILES string of the molecule is Cc1ccc(-c2c(C)[nH]n3c(=O)c4ccc(-c5ccc(C(F)(F)F)cc5)cc4nc23)cc1. The number of halogens is 3. The molecule has 0 fully saturated rings. The van der Waals surface area contributed by atoms with Crippen molar-refractivity contribution in [3.63, 3.8) is 0 Å². The van der Waals surface area contributed by atoms with Crippen molar-refractivity contribution >= 4 is 16.6 Å². The van der Waals surface area contributed by atoms with Crippen LogP contribution < -0.4 is 5.56 Å². The molecule has 3 aromatic carbocycles. The molecule has 4 nitrogen and oxygen atoms in total. The smallest absolute Gasteiger partial charge is 0.293 e. The lowest BCUT2D eigenvalue weighted by atomic mass is 10.0. The molecule has 0 saturated carbocycles. The summed E-state index contributed by atoms with van der Waals surface area (Å²) >= 11 is 0. The molecular weight excluding hydrogens is 415 g/mol. The van der Waals surface area contributed by atoms with Gasteiger partial charge in [0, 0.05) is 11.3 Å². The fourth-order valence-corrected chi connectivity index (χ4v) is 3.95. The molecule has 1 N–H and O–H groups in total. The van der Waals surface area contributed by atoms with Crippen LogP contribution in [0.1, 0.15) is 16.8 Å². The highest BCUT2D eigenvalue weighted by molar-refractivity contribution is 5.88. The van der Waals surface area contributed by atoms with E-state index in [0.717, 1.165) is 34.5 Å². The van der Waals surface area contributed by atoms with Crippen LogP contribution in [0, 0.1) is 13.8 Å². The van der Waals surface area contributed by atoms with E-state index >= 15 is 0 Å². The van der Waals surface area contributed by atoms with Gasteiger partial charge < -0.3 is 0 Å². The summed E-state index contributed by atoms with van der Waals surface area (Å²) in [6, 6.07) is 18.0. The Labute approximate surface area is 181 Å². The normalized spacial score (nSPS) is 12.0. The van der Waals surface area contributed by atoms with Crippen LogP contribution in [-0.4, -0.2) is 14.6 Å². The third-order valence-corrected chi connectivity index (χ3v) is 5.63. The van der Waals surface area contributed by atoms with Gasteiger partial charge in [-0.05, 0) is 54.8 Å². The second kappa shape index (κ2) is 7.09. The topological polar surface area (TPSA) is 50.2 Å². The number of aryl methyl sites for hydroxylation is 2. The van der Waals surface area contributed by atoms with Crippen LogP contribution in [0.5, 0.6) is 0 Å². The van der Waals surface area contributed by atoms with Crippen LogP contribution in [0.25, 0.3) is 38.8 Å². The fourth-order valence-electron chi connectivity index (χ4n) is 3.95. The number of nitrogens with zero attached hydrogens (tertiary/aromatic N) is 2. The van der Waals surface area contributed by atoms with Gasteiger partial charge in [0.1, 0.15) is 0 Å². The van der Waals surface area contributed by atoms with E-state index in [1.54, 1.807) is 18.2 Å². The van der Waals surface area contributed by atoms with Crippen molar-refractivity contribution in [1.29, 1.82) is 0 Å². The number of aromatic nitrogens is 3. The molecule has 0 radical (unpaired) electrons. The number of hydrogen-bond acceptors (Lipinski definition) is 2. The molecule has 7 heteroatoms. The maximum atomic E-state index is 13.1. The van der Waals surface area contributed by atoms with Crippen molar-refractivity contribution < 1.29 is 13.2 Å². The number of nitrogens with one attached hydrogen (secondary N) is 1. The number of aromatic amines is 1. The molecule has 2 heterocycles. The zero-order chi connectivity index (χ0) is 22.6. The van der Waals surface area contributed by atoms with Gasteiger partial charge in [-0.3, -0.25) is 9.89 Å². The molecule has 0 atom stereocenters. The summed E-state index contributed by atoms with van der Waals surface area (Å²) in [6.07, 6.45) is -4.39. The maximum absolute atomic E-state index is 13.1. The average Bonchev–Trinajstić information content (AvgIpc) is 3.10. The predicted molar refractivity (Wildman–Crippen MR) is 119 cm³/mol. The second-order valence-electron chi connectivity index (χ2n) is 7.86. The van der Waals surface area contributed by atoms with Crippen LogP contribution in [0.4, 0.5) is 13.2 Å². The Kier molecular flexibility index (Phi) is 4.44. The van der Waals surface area contributed by atoms with Crippen LogP contribution in [0.15, 0.2) is 71.5 Å². The van der Waals surface area contributed by atoms with Gasteiger partial charge in [0.05, 0.1) is 16.5 Å². The van der Waals surface area contributed by atoms with E-state index in [-0.39, 0.29) is 5.56 Å². The number of alkyl halides is 3. The standard InChI is InChI=1S/C25H18F3N3O/c1-14-3-5-17(6-4-14)22-15(2)30-31-23(22)29-21-13-18(9-12-20(21)24(31)32)16-7-10-19(11-8-16)25(26,27)28/h3-13,30H,1-2H3. The van der Waals surface area contributed by atoms with Gasteiger partial charge in [-0.2, -0.15) is 13.2 Å². The first-order valence-electron chi connectivity index (χ1n) is 10.0. The van der Waals surface area contributed by atoms with Gasteiger partial charge in [-0.25, -0.2) is 9.50 Å². The molecule has 0 aliphatic heterocycles. The first-order valence-corrected chi connectivity index (χ1v) is 10.0. The van der Waals surface area contributed by atoms with Crippen molar-refractivity contribution in [3.8, 4) is 22.3 Å². The Hall–Kier alpha value is -3.87. The van der Waals surface area contributed by atoms with Crippen LogP contribution in [0.3, 0.4) is 0 Å². The third-order valence-electron chi connectivity index (χ3n) is 5.63. The molecule has 0 spiro atoms. The first kappa shape index (κ1) is 20.1. The van der Waals surface area contributed by atoms with Crippen molar-refractivity contribution in [2.24, 2.45) is 0 Å². The first-order chi connectivity index (χ1) is 15.2. The van der Waals surface area contributed by atoms with Crippen molar-refractivity contribution in [2.75, 3.05) is 0 Å². The molecule has 0 aliphatic rings. The van der Waals surface area contributed by atoms with Crippen LogP contribution in [-0.2, 0) is 6.18 Å². The third kappa shape index (κ3) is 3.26. The number of H-pyrrole nitrogens is 1. The Bertz CT molecular complexity index is 1530.